The molecule has 2 aromatic heterocycles. The number of esters is 1. The Labute approximate surface area is 158 Å². The molecule has 146 valence electrons. The molecule has 0 spiro atoms. The second-order valence-electron chi connectivity index (χ2n) is 5.90. The monoisotopic (exact) mass is 391 g/mol. The maximum atomic E-state index is 13.3. The van der Waals surface area contributed by atoms with Crippen LogP contribution in [-0.4, -0.2) is 32.6 Å². The number of rotatable bonds is 5. The number of halogens is 3. The maximum absolute atomic E-state index is 13.3. The number of nitrogens with zero attached hydrogens (tertiary/aromatic N) is 3. The van der Waals surface area contributed by atoms with Crippen molar-refractivity contribution in [2.24, 2.45) is 0 Å². The Morgan fingerprint density at radius 2 is 2.00 bits per heavy atom. The van der Waals surface area contributed by atoms with Gasteiger partial charge < -0.3 is 9.84 Å². The number of aromatic nitrogens is 3. The smallest absolute Gasteiger partial charge is 0.418 e. The highest BCUT2D eigenvalue weighted by molar-refractivity contribution is 5.87. The zero-order valence-electron chi connectivity index (χ0n) is 14.8. The third-order valence-electron chi connectivity index (χ3n) is 3.97. The molecule has 3 aromatic rings. The lowest BCUT2D eigenvalue weighted by molar-refractivity contribution is -0.143. The van der Waals surface area contributed by atoms with Crippen LogP contribution >= 0.6 is 0 Å². The second-order valence-corrected chi connectivity index (χ2v) is 5.90. The highest BCUT2D eigenvalue weighted by Gasteiger charge is 2.34. The first-order valence-corrected chi connectivity index (χ1v) is 8.47. The number of ether oxygens (including phenoxy) is 1. The van der Waals surface area contributed by atoms with Crippen LogP contribution in [0.5, 0.6) is 5.88 Å². The average Bonchev–Trinajstić information content (AvgIpc) is 2.65. The van der Waals surface area contributed by atoms with E-state index in [9.17, 15) is 23.1 Å². The Bertz CT molecular complexity index is 1020. The van der Waals surface area contributed by atoms with Crippen molar-refractivity contribution in [3.8, 4) is 17.1 Å². The fourth-order valence-electron chi connectivity index (χ4n) is 2.73. The minimum Gasteiger partial charge on any atom is -0.493 e. The van der Waals surface area contributed by atoms with Crippen molar-refractivity contribution in [1.82, 2.24) is 15.0 Å². The zero-order valence-corrected chi connectivity index (χ0v) is 14.8. The van der Waals surface area contributed by atoms with Gasteiger partial charge in [0.15, 0.2) is 0 Å². The van der Waals surface area contributed by atoms with Crippen molar-refractivity contribution in [2.75, 3.05) is 6.61 Å². The van der Waals surface area contributed by atoms with Gasteiger partial charge in [-0.15, -0.1) is 0 Å². The first-order valence-electron chi connectivity index (χ1n) is 8.47. The van der Waals surface area contributed by atoms with Crippen LogP contribution in [0.2, 0.25) is 0 Å². The fourth-order valence-corrected chi connectivity index (χ4v) is 2.73. The third-order valence-corrected chi connectivity index (χ3v) is 3.97. The molecule has 28 heavy (non-hydrogen) atoms. The van der Waals surface area contributed by atoms with Crippen LogP contribution < -0.4 is 0 Å². The Balaban J connectivity index is 2.00. The first-order chi connectivity index (χ1) is 13.3. The van der Waals surface area contributed by atoms with E-state index >= 15 is 0 Å². The van der Waals surface area contributed by atoms with Gasteiger partial charge in [-0.05, 0) is 31.2 Å². The molecular formula is C19H16F3N3O3. The van der Waals surface area contributed by atoms with Gasteiger partial charge in [0.1, 0.15) is 5.82 Å². The van der Waals surface area contributed by atoms with Crippen LogP contribution in [0.3, 0.4) is 0 Å². The normalized spacial score (nSPS) is 11.6. The summed E-state index contributed by atoms with van der Waals surface area (Å²) in [7, 11) is 0. The number of aromatic hydroxyl groups is 1. The Kier molecular flexibility index (Phi) is 5.43. The van der Waals surface area contributed by atoms with Gasteiger partial charge in [0.2, 0.25) is 5.88 Å². The number of hydrogen-bond donors (Lipinski definition) is 1. The van der Waals surface area contributed by atoms with E-state index in [1.165, 1.54) is 30.5 Å². The van der Waals surface area contributed by atoms with Crippen LogP contribution in [0.4, 0.5) is 13.2 Å². The number of carbonyl (C=O) groups excluding carboxylic acids is 1. The molecule has 0 fully saturated rings. The predicted octanol–water partition coefficient (Wildman–Crippen LogP) is 3.91. The van der Waals surface area contributed by atoms with Gasteiger partial charge in [0.25, 0.3) is 0 Å². The lowest BCUT2D eigenvalue weighted by Gasteiger charge is -2.12. The molecule has 0 atom stereocenters. The van der Waals surface area contributed by atoms with Gasteiger partial charge in [0.05, 0.1) is 35.2 Å². The third kappa shape index (κ3) is 4.19. The molecule has 0 radical (unpaired) electrons. The van der Waals surface area contributed by atoms with Crippen molar-refractivity contribution < 1.29 is 27.8 Å². The van der Waals surface area contributed by atoms with Crippen molar-refractivity contribution in [3.63, 3.8) is 0 Å². The molecule has 6 nitrogen and oxygen atoms in total. The maximum Gasteiger partial charge on any atom is 0.418 e. The Morgan fingerprint density at radius 1 is 1.21 bits per heavy atom. The largest absolute Gasteiger partial charge is 0.493 e. The van der Waals surface area contributed by atoms with Crippen molar-refractivity contribution >= 4 is 16.9 Å². The van der Waals surface area contributed by atoms with Gasteiger partial charge in [0, 0.05) is 18.2 Å². The molecule has 0 aliphatic rings. The molecular weight excluding hydrogens is 375 g/mol. The molecule has 9 heteroatoms. The topological polar surface area (TPSA) is 85.2 Å². The summed E-state index contributed by atoms with van der Waals surface area (Å²) in [6.07, 6.45) is -3.13. The molecule has 0 saturated heterocycles. The molecule has 3 rings (SSSR count). The van der Waals surface area contributed by atoms with Gasteiger partial charge in [-0.3, -0.25) is 9.78 Å². The van der Waals surface area contributed by atoms with E-state index in [0.29, 0.717) is 0 Å². The summed E-state index contributed by atoms with van der Waals surface area (Å²) in [4.78, 5) is 23.5. The Hall–Kier alpha value is -3.23. The molecule has 1 N–H and O–H groups in total. The summed E-state index contributed by atoms with van der Waals surface area (Å²) >= 11 is 0. The molecule has 1 aromatic carbocycles. The summed E-state index contributed by atoms with van der Waals surface area (Å²) < 4.78 is 44.6. The van der Waals surface area contributed by atoms with E-state index in [2.05, 4.69) is 15.0 Å². The quantitative estimate of drug-likeness (QED) is 0.664. The van der Waals surface area contributed by atoms with E-state index in [-0.39, 0.29) is 53.3 Å². The van der Waals surface area contributed by atoms with Crippen LogP contribution in [0.1, 0.15) is 24.7 Å². The summed E-state index contributed by atoms with van der Waals surface area (Å²) in [5, 5.41) is 10.4. The number of benzene rings is 1. The van der Waals surface area contributed by atoms with Gasteiger partial charge in [-0.2, -0.15) is 18.2 Å². The first kappa shape index (κ1) is 19.5. The zero-order chi connectivity index (χ0) is 20.3. The minimum absolute atomic E-state index is 0.0247. The molecule has 0 aliphatic heterocycles. The fraction of sp³-hybridized carbons (Fsp3) is 0.263. The van der Waals surface area contributed by atoms with E-state index in [1.54, 1.807) is 6.92 Å². The number of aryl methyl sites for hydroxylation is 1. The highest BCUT2D eigenvalue weighted by Crippen LogP contribution is 2.36. The number of hydrogen-bond acceptors (Lipinski definition) is 6. The van der Waals surface area contributed by atoms with Crippen molar-refractivity contribution in [3.05, 3.63) is 47.9 Å². The van der Waals surface area contributed by atoms with E-state index in [1.807, 2.05) is 0 Å². The van der Waals surface area contributed by atoms with Crippen LogP contribution in [0.15, 0.2) is 36.5 Å². The molecule has 0 saturated carbocycles. The van der Waals surface area contributed by atoms with E-state index < -0.39 is 17.7 Å². The molecule has 2 heterocycles. The number of carbonyl (C=O) groups is 1. The van der Waals surface area contributed by atoms with Crippen LogP contribution in [0, 0.1) is 0 Å². The predicted molar refractivity (Wildman–Crippen MR) is 94.4 cm³/mol. The van der Waals surface area contributed by atoms with Crippen LogP contribution in [-0.2, 0) is 22.1 Å². The van der Waals surface area contributed by atoms with Crippen molar-refractivity contribution in [2.45, 2.75) is 25.9 Å². The number of fused-ring (bicyclic) bond motifs is 1. The molecule has 0 unspecified atom stereocenters. The Morgan fingerprint density at radius 3 is 2.71 bits per heavy atom. The van der Waals surface area contributed by atoms with Gasteiger partial charge >= 0.3 is 12.1 Å². The highest BCUT2D eigenvalue weighted by atomic mass is 19.4. The molecule has 0 bridgehead atoms. The SMILES string of the molecule is CCOC(=O)CCc1nc(O)c2ccc(-c3ncccc3C(F)(F)F)cc2n1. The lowest BCUT2D eigenvalue weighted by Crippen LogP contribution is -2.08. The van der Waals surface area contributed by atoms with Gasteiger partial charge in [-0.25, -0.2) is 4.98 Å². The number of alkyl halides is 3. The molecule has 0 amide bonds. The average molecular weight is 391 g/mol. The molecule has 0 aliphatic carbocycles. The second kappa shape index (κ2) is 7.79. The van der Waals surface area contributed by atoms with Crippen LogP contribution in [0.25, 0.3) is 22.2 Å². The standard InChI is InChI=1S/C19H16F3N3O3/c1-2-28-16(26)8-7-15-24-14-10-11(5-6-12(14)18(27)25-15)17-13(19(20,21)22)4-3-9-23-17/h3-6,9-10H,2,7-8H2,1H3,(H,24,25,27). The van der Waals surface area contributed by atoms with E-state index in [4.69, 9.17) is 4.74 Å². The van der Waals surface area contributed by atoms with E-state index in [0.717, 1.165) is 6.07 Å². The lowest BCUT2D eigenvalue weighted by atomic mass is 10.0. The minimum atomic E-state index is -4.56. The van der Waals surface area contributed by atoms with Gasteiger partial charge in [-0.1, -0.05) is 6.07 Å². The summed E-state index contributed by atoms with van der Waals surface area (Å²) in [6, 6.07) is 6.43. The summed E-state index contributed by atoms with van der Waals surface area (Å²) in [5.41, 5.74) is -0.643. The van der Waals surface area contributed by atoms with Crippen molar-refractivity contribution in [1.29, 1.82) is 0 Å². The summed E-state index contributed by atoms with van der Waals surface area (Å²) in [5.74, 6) is -0.553. The summed E-state index contributed by atoms with van der Waals surface area (Å²) in [6.45, 7) is 1.93. The number of pyridine rings is 1.